The van der Waals surface area contributed by atoms with Gasteiger partial charge in [0.2, 0.25) is 0 Å². The number of amides is 1. The van der Waals surface area contributed by atoms with E-state index in [1.165, 1.54) is 44.3 Å². The molecular formula is C23H31N3O. The summed E-state index contributed by atoms with van der Waals surface area (Å²) < 4.78 is 0. The maximum atomic E-state index is 12.4. The molecule has 0 aromatic heterocycles. The van der Waals surface area contributed by atoms with Crippen molar-refractivity contribution in [2.75, 3.05) is 38.1 Å². The van der Waals surface area contributed by atoms with Crippen LogP contribution in [0.3, 0.4) is 0 Å². The van der Waals surface area contributed by atoms with Gasteiger partial charge in [0.25, 0.3) is 5.91 Å². The lowest BCUT2D eigenvalue weighted by Gasteiger charge is -2.20. The molecule has 0 atom stereocenters. The number of hydrogen-bond acceptors (Lipinski definition) is 3. The molecule has 4 nitrogen and oxygen atoms in total. The van der Waals surface area contributed by atoms with Crippen LogP contribution in [-0.2, 0) is 6.54 Å². The summed E-state index contributed by atoms with van der Waals surface area (Å²) in [7, 11) is 2.04. The molecule has 1 heterocycles. The van der Waals surface area contributed by atoms with E-state index in [-0.39, 0.29) is 5.91 Å². The summed E-state index contributed by atoms with van der Waals surface area (Å²) in [6.07, 6.45) is 5.32. The highest BCUT2D eigenvalue weighted by Gasteiger charge is 2.10. The van der Waals surface area contributed by atoms with Gasteiger partial charge < -0.3 is 10.2 Å². The Labute approximate surface area is 163 Å². The van der Waals surface area contributed by atoms with E-state index in [1.54, 1.807) is 0 Å². The monoisotopic (exact) mass is 365 g/mol. The van der Waals surface area contributed by atoms with Gasteiger partial charge in [-0.15, -0.1) is 0 Å². The third kappa shape index (κ3) is 6.10. The van der Waals surface area contributed by atoms with Crippen molar-refractivity contribution in [1.29, 1.82) is 0 Å². The summed E-state index contributed by atoms with van der Waals surface area (Å²) in [6, 6.07) is 18.3. The number of anilines is 1. The van der Waals surface area contributed by atoms with Gasteiger partial charge in [-0.1, -0.05) is 43.2 Å². The largest absolute Gasteiger partial charge is 0.373 e. The van der Waals surface area contributed by atoms with Crippen molar-refractivity contribution in [3.63, 3.8) is 0 Å². The molecule has 0 radical (unpaired) electrons. The fraction of sp³-hybridized carbons (Fsp3) is 0.435. The van der Waals surface area contributed by atoms with E-state index in [0.717, 1.165) is 24.3 Å². The zero-order chi connectivity index (χ0) is 18.9. The van der Waals surface area contributed by atoms with Crippen LogP contribution in [0.25, 0.3) is 0 Å². The molecule has 2 aromatic rings. The van der Waals surface area contributed by atoms with E-state index in [2.05, 4.69) is 39.4 Å². The van der Waals surface area contributed by atoms with E-state index in [9.17, 15) is 4.79 Å². The van der Waals surface area contributed by atoms with E-state index < -0.39 is 0 Å². The number of hydrogen-bond donors (Lipinski definition) is 1. The summed E-state index contributed by atoms with van der Waals surface area (Å²) in [6.45, 7) is 4.78. The molecule has 4 heteroatoms. The minimum absolute atomic E-state index is 0.00205. The highest BCUT2D eigenvalue weighted by molar-refractivity contribution is 5.94. The fourth-order valence-corrected chi connectivity index (χ4v) is 3.56. The molecule has 0 saturated carbocycles. The lowest BCUT2D eigenvalue weighted by atomic mass is 10.1. The molecule has 144 valence electrons. The lowest BCUT2D eigenvalue weighted by Crippen LogP contribution is -2.33. The molecule has 0 bridgehead atoms. The number of nitrogens with zero attached hydrogens (tertiary/aromatic N) is 2. The normalized spacial score (nSPS) is 15.1. The highest BCUT2D eigenvalue weighted by atomic mass is 16.1. The molecule has 1 N–H and O–H groups in total. The Kier molecular flexibility index (Phi) is 7.28. The Hall–Kier alpha value is -2.33. The van der Waals surface area contributed by atoms with Gasteiger partial charge in [0.15, 0.2) is 0 Å². The van der Waals surface area contributed by atoms with E-state index >= 15 is 0 Å². The van der Waals surface area contributed by atoms with Crippen LogP contribution in [-0.4, -0.2) is 44.0 Å². The number of carbonyl (C=O) groups excluding carboxylic acids is 1. The zero-order valence-corrected chi connectivity index (χ0v) is 16.4. The van der Waals surface area contributed by atoms with Crippen LogP contribution in [0.15, 0.2) is 54.6 Å². The third-order valence-corrected chi connectivity index (χ3v) is 5.25. The van der Waals surface area contributed by atoms with Gasteiger partial charge in [0.05, 0.1) is 0 Å². The summed E-state index contributed by atoms with van der Waals surface area (Å²) in [4.78, 5) is 17.0. The predicted molar refractivity (Wildman–Crippen MR) is 112 cm³/mol. The van der Waals surface area contributed by atoms with Crippen LogP contribution in [0.1, 0.15) is 41.6 Å². The molecule has 1 aliphatic rings. The SMILES string of the molecule is CN(CCNC(=O)c1ccc(CN2CCCCCC2)cc1)c1ccccc1. The second-order valence-electron chi connectivity index (χ2n) is 7.40. The van der Waals surface area contributed by atoms with E-state index in [4.69, 9.17) is 0 Å². The number of rotatable bonds is 7. The van der Waals surface area contributed by atoms with Gasteiger partial charge in [0.1, 0.15) is 0 Å². The lowest BCUT2D eigenvalue weighted by molar-refractivity contribution is 0.0954. The molecule has 1 fully saturated rings. The fourth-order valence-electron chi connectivity index (χ4n) is 3.56. The molecule has 0 aliphatic carbocycles. The Morgan fingerprint density at radius 2 is 1.63 bits per heavy atom. The van der Waals surface area contributed by atoms with Crippen LogP contribution in [0.2, 0.25) is 0 Å². The number of likely N-dealkylation sites (N-methyl/N-ethyl adjacent to an activating group) is 1. The molecule has 0 spiro atoms. The van der Waals surface area contributed by atoms with Crippen LogP contribution >= 0.6 is 0 Å². The van der Waals surface area contributed by atoms with Crippen LogP contribution in [0.5, 0.6) is 0 Å². The van der Waals surface area contributed by atoms with Gasteiger partial charge in [-0.05, 0) is 55.8 Å². The molecule has 2 aromatic carbocycles. The number of para-hydroxylation sites is 1. The maximum Gasteiger partial charge on any atom is 0.251 e. The number of nitrogens with one attached hydrogen (secondary N) is 1. The third-order valence-electron chi connectivity index (χ3n) is 5.25. The van der Waals surface area contributed by atoms with E-state index in [0.29, 0.717) is 6.54 Å². The second kappa shape index (κ2) is 10.1. The molecule has 27 heavy (non-hydrogen) atoms. The molecule has 1 aliphatic heterocycles. The average molecular weight is 366 g/mol. The Morgan fingerprint density at radius 3 is 2.30 bits per heavy atom. The first-order valence-corrected chi connectivity index (χ1v) is 10.1. The van der Waals surface area contributed by atoms with Crippen LogP contribution in [0.4, 0.5) is 5.69 Å². The topological polar surface area (TPSA) is 35.6 Å². The summed E-state index contributed by atoms with van der Waals surface area (Å²) >= 11 is 0. The van der Waals surface area contributed by atoms with Crippen molar-refractivity contribution >= 4 is 11.6 Å². The number of carbonyl (C=O) groups is 1. The van der Waals surface area contributed by atoms with Gasteiger partial charge in [0, 0.05) is 37.9 Å². The molecule has 0 unspecified atom stereocenters. The summed E-state index contributed by atoms with van der Waals surface area (Å²) in [5.74, 6) is -0.00205. The van der Waals surface area contributed by atoms with Gasteiger partial charge in [-0.2, -0.15) is 0 Å². The predicted octanol–water partition coefficient (Wildman–Crippen LogP) is 3.93. The van der Waals surface area contributed by atoms with Gasteiger partial charge in [-0.25, -0.2) is 0 Å². The van der Waals surface area contributed by atoms with Crippen LogP contribution < -0.4 is 10.2 Å². The average Bonchev–Trinajstić information content (AvgIpc) is 2.98. The highest BCUT2D eigenvalue weighted by Crippen LogP contribution is 2.14. The number of likely N-dealkylation sites (tertiary alicyclic amines) is 1. The van der Waals surface area contributed by atoms with Crippen LogP contribution in [0, 0.1) is 0 Å². The van der Waals surface area contributed by atoms with Crippen molar-refractivity contribution in [3.8, 4) is 0 Å². The Balaban J connectivity index is 1.44. The minimum atomic E-state index is -0.00205. The van der Waals surface area contributed by atoms with Gasteiger partial charge in [-0.3, -0.25) is 9.69 Å². The first kappa shape index (κ1) is 19.4. The zero-order valence-electron chi connectivity index (χ0n) is 16.4. The minimum Gasteiger partial charge on any atom is -0.373 e. The molecular weight excluding hydrogens is 334 g/mol. The Morgan fingerprint density at radius 1 is 0.963 bits per heavy atom. The first-order valence-electron chi connectivity index (χ1n) is 10.1. The summed E-state index contributed by atoms with van der Waals surface area (Å²) in [5.41, 5.74) is 3.18. The van der Waals surface area contributed by atoms with Crippen molar-refractivity contribution < 1.29 is 4.79 Å². The summed E-state index contributed by atoms with van der Waals surface area (Å²) in [5, 5.41) is 3.02. The Bertz CT molecular complexity index is 691. The van der Waals surface area contributed by atoms with Crippen molar-refractivity contribution in [3.05, 3.63) is 65.7 Å². The molecule has 3 rings (SSSR count). The van der Waals surface area contributed by atoms with Gasteiger partial charge >= 0.3 is 0 Å². The van der Waals surface area contributed by atoms with Crippen molar-refractivity contribution in [2.45, 2.75) is 32.2 Å². The smallest absolute Gasteiger partial charge is 0.251 e. The first-order chi connectivity index (χ1) is 13.2. The quantitative estimate of drug-likeness (QED) is 0.807. The van der Waals surface area contributed by atoms with Crippen molar-refractivity contribution in [1.82, 2.24) is 10.2 Å². The number of benzene rings is 2. The van der Waals surface area contributed by atoms with Crippen molar-refractivity contribution in [2.24, 2.45) is 0 Å². The molecule has 1 amide bonds. The standard InChI is InChI=1S/C23H31N3O/c1-25(22-9-5-4-6-10-22)18-15-24-23(27)21-13-11-20(12-14-21)19-26-16-7-2-3-8-17-26/h4-6,9-14H,2-3,7-8,15-19H2,1H3,(H,24,27). The second-order valence-corrected chi connectivity index (χ2v) is 7.40. The maximum absolute atomic E-state index is 12.4. The van der Waals surface area contributed by atoms with E-state index in [1.807, 2.05) is 37.4 Å². The molecule has 1 saturated heterocycles.